The van der Waals surface area contributed by atoms with E-state index in [0.29, 0.717) is 28.3 Å². The molecule has 0 radical (unpaired) electrons. The van der Waals surface area contributed by atoms with Crippen LogP contribution in [-0.4, -0.2) is 36.3 Å². The van der Waals surface area contributed by atoms with Gasteiger partial charge >= 0.3 is 4.87 Å². The van der Waals surface area contributed by atoms with Gasteiger partial charge in [-0.3, -0.25) is 19.7 Å². The van der Waals surface area contributed by atoms with Crippen molar-refractivity contribution in [2.75, 3.05) is 13.2 Å². The van der Waals surface area contributed by atoms with E-state index in [1.165, 1.54) is 29.0 Å². The van der Waals surface area contributed by atoms with E-state index in [9.17, 15) is 18.3 Å². The van der Waals surface area contributed by atoms with Gasteiger partial charge < -0.3 is 9.84 Å². The summed E-state index contributed by atoms with van der Waals surface area (Å²) >= 11 is 1.04. The second-order valence-electron chi connectivity index (χ2n) is 12.6. The van der Waals surface area contributed by atoms with Gasteiger partial charge in [0.15, 0.2) is 5.03 Å². The highest BCUT2D eigenvalue weighted by Gasteiger charge is 2.42. The molecule has 9 nitrogen and oxygen atoms in total. The molecule has 0 unspecified atom stereocenters. The average Bonchev–Trinajstić information content (AvgIpc) is 3.51. The van der Waals surface area contributed by atoms with Crippen LogP contribution in [0.4, 0.5) is 0 Å². The summed E-state index contributed by atoms with van der Waals surface area (Å²) in [5.41, 5.74) is 6.06. The second-order valence-corrected chi connectivity index (χ2v) is 15.5. The highest BCUT2D eigenvalue weighted by Crippen LogP contribution is 2.43. The molecule has 7 rings (SSSR count). The number of aromatic nitrogens is 2. The van der Waals surface area contributed by atoms with Gasteiger partial charge in [0.2, 0.25) is 15.7 Å². The molecular weight excluding hydrogens is 731 g/mol. The van der Waals surface area contributed by atoms with E-state index in [1.54, 1.807) is 24.3 Å². The number of nitrogens with one attached hydrogen (secondary N) is 1. The molecule has 0 spiro atoms. The highest BCUT2D eigenvalue weighted by molar-refractivity contribution is 7.91. The summed E-state index contributed by atoms with van der Waals surface area (Å²) in [7, 11) is -3.72. The first-order valence-corrected chi connectivity index (χ1v) is 19.7. The van der Waals surface area contributed by atoms with Crippen molar-refractivity contribution < 1.29 is 23.1 Å². The van der Waals surface area contributed by atoms with Crippen molar-refractivity contribution >= 4 is 26.9 Å². The van der Waals surface area contributed by atoms with E-state index >= 15 is 0 Å². The number of rotatable bonds is 15. The number of thiazole rings is 1. The summed E-state index contributed by atoms with van der Waals surface area (Å²) in [5, 5.41) is 11.8. The van der Waals surface area contributed by atoms with Crippen molar-refractivity contribution in [1.82, 2.24) is 15.0 Å². The Morgan fingerprint density at radius 3 is 1.82 bits per heavy atom. The van der Waals surface area contributed by atoms with E-state index in [0.717, 1.165) is 33.6 Å². The number of hydrogen-bond acceptors (Lipinski definition) is 9. The van der Waals surface area contributed by atoms with Crippen LogP contribution in [-0.2, 0) is 26.6 Å². The molecule has 0 bridgehead atoms. The fourth-order valence-electron chi connectivity index (χ4n) is 6.47. The van der Waals surface area contributed by atoms with Crippen LogP contribution >= 0.6 is 11.3 Å². The summed E-state index contributed by atoms with van der Waals surface area (Å²) in [6, 6.07) is 48.0. The number of aromatic hydroxyl groups is 1. The smallest absolute Gasteiger partial charge is 0.311 e. The van der Waals surface area contributed by atoms with Gasteiger partial charge in [-0.15, -0.1) is 0 Å². The van der Waals surface area contributed by atoms with Crippen LogP contribution < -0.4 is 15.1 Å². The maximum Gasteiger partial charge on any atom is 0.311 e. The predicted octanol–water partition coefficient (Wildman–Crippen LogP) is 7.85. The van der Waals surface area contributed by atoms with Crippen LogP contribution in [0.2, 0.25) is 0 Å². The minimum atomic E-state index is -3.72. The summed E-state index contributed by atoms with van der Waals surface area (Å²) in [4.78, 5) is 24.1. The van der Waals surface area contributed by atoms with Crippen LogP contribution in [0.1, 0.15) is 32.7 Å². The lowest BCUT2D eigenvalue weighted by atomic mass is 9.76. The first-order chi connectivity index (χ1) is 26.8. The normalized spacial score (nSPS) is 11.6. The SMILES string of the molecule is C=C(NOCCOc1ccc(Cc2sc(=O)n(C(c3ccccc3)(c3ccccc3)c3ccccc3)c2O)cc1)c1ccc(S(=O)(=O)c2ccccc2)nc1. The van der Waals surface area contributed by atoms with Crippen molar-refractivity contribution in [2.45, 2.75) is 21.9 Å². The zero-order valence-electron chi connectivity index (χ0n) is 29.6. The molecule has 0 atom stereocenters. The van der Waals surface area contributed by atoms with Crippen LogP contribution in [0.25, 0.3) is 5.70 Å². The van der Waals surface area contributed by atoms with Crippen molar-refractivity contribution in [3.63, 3.8) is 0 Å². The molecule has 0 fully saturated rings. The number of benzene rings is 5. The van der Waals surface area contributed by atoms with Gasteiger partial charge in [-0.05, 0) is 58.7 Å². The molecule has 0 saturated heterocycles. The standard InChI is InChI=1S/C44H37N3O6S2/c1-32(34-24-27-41(45-31-34)55(50,51)39-20-12-5-13-21-39)46-53-29-28-52-38-25-22-33(23-26-38)30-40-42(48)47(43(49)54-40)44(35-14-6-2-7-15-35,36-16-8-3-9-17-36)37-18-10-4-11-19-37/h2-27,31,46,48H,1,28-30H2. The van der Waals surface area contributed by atoms with Crippen LogP contribution in [0, 0.1) is 0 Å². The van der Waals surface area contributed by atoms with Crippen molar-refractivity contribution in [1.29, 1.82) is 0 Å². The van der Waals surface area contributed by atoms with E-state index < -0.39 is 15.4 Å². The van der Waals surface area contributed by atoms with Gasteiger partial charge in [-0.25, -0.2) is 13.4 Å². The van der Waals surface area contributed by atoms with Crippen molar-refractivity contribution in [3.05, 3.63) is 213 Å². The Bertz CT molecular complexity index is 2430. The monoisotopic (exact) mass is 767 g/mol. The molecule has 55 heavy (non-hydrogen) atoms. The third kappa shape index (κ3) is 7.72. The Balaban J connectivity index is 0.994. The number of ether oxygens (including phenoxy) is 1. The number of hydrogen-bond donors (Lipinski definition) is 2. The average molecular weight is 768 g/mol. The maximum atomic E-state index is 14.0. The first kappa shape index (κ1) is 37.1. The Labute approximate surface area is 323 Å². The lowest BCUT2D eigenvalue weighted by molar-refractivity contribution is 0.0541. The summed E-state index contributed by atoms with van der Waals surface area (Å²) in [5.74, 6) is 0.541. The molecule has 0 aliphatic heterocycles. The number of sulfone groups is 1. The lowest BCUT2D eigenvalue weighted by Crippen LogP contribution is -2.42. The van der Waals surface area contributed by atoms with E-state index in [-0.39, 0.29) is 33.9 Å². The molecule has 2 N–H and O–H groups in total. The minimum absolute atomic E-state index is 0.0576. The fourth-order valence-corrected chi connectivity index (χ4v) is 8.61. The van der Waals surface area contributed by atoms with Gasteiger partial charge in [0.25, 0.3) is 0 Å². The predicted molar refractivity (Wildman–Crippen MR) is 214 cm³/mol. The number of nitrogens with zero attached hydrogens (tertiary/aromatic N) is 2. The number of pyridine rings is 1. The summed E-state index contributed by atoms with van der Waals surface area (Å²) in [6.07, 6.45) is 1.77. The van der Waals surface area contributed by atoms with Crippen molar-refractivity contribution in [2.24, 2.45) is 0 Å². The Morgan fingerprint density at radius 1 is 0.745 bits per heavy atom. The van der Waals surface area contributed by atoms with Gasteiger partial charge in [0, 0.05) is 18.2 Å². The molecular formula is C44H37N3O6S2. The number of hydroxylamine groups is 1. The third-order valence-corrected chi connectivity index (χ3v) is 11.7. The molecule has 0 aliphatic carbocycles. The van der Waals surface area contributed by atoms with Crippen LogP contribution in [0.5, 0.6) is 11.6 Å². The zero-order valence-corrected chi connectivity index (χ0v) is 31.2. The third-order valence-electron chi connectivity index (χ3n) is 9.12. The minimum Gasteiger partial charge on any atom is -0.494 e. The van der Waals surface area contributed by atoms with Crippen LogP contribution in [0.15, 0.2) is 185 Å². The Kier molecular flexibility index (Phi) is 11.0. The van der Waals surface area contributed by atoms with Crippen molar-refractivity contribution in [3.8, 4) is 11.6 Å². The molecule has 7 aromatic rings. The summed E-state index contributed by atoms with van der Waals surface area (Å²) in [6.45, 7) is 4.37. The molecule has 0 aliphatic rings. The van der Waals surface area contributed by atoms with E-state index in [4.69, 9.17) is 9.57 Å². The topological polar surface area (TPSA) is 120 Å². The molecule has 5 aromatic carbocycles. The molecule has 2 heterocycles. The molecule has 0 saturated carbocycles. The maximum absolute atomic E-state index is 14.0. The van der Waals surface area contributed by atoms with E-state index in [1.807, 2.05) is 115 Å². The quantitative estimate of drug-likeness (QED) is 0.0616. The molecule has 276 valence electrons. The zero-order chi connectivity index (χ0) is 38.3. The van der Waals surface area contributed by atoms with E-state index in [2.05, 4.69) is 17.0 Å². The van der Waals surface area contributed by atoms with Gasteiger partial charge in [0.1, 0.15) is 24.5 Å². The molecule has 11 heteroatoms. The molecule has 0 amide bonds. The van der Waals surface area contributed by atoms with Gasteiger partial charge in [0.05, 0.1) is 15.5 Å². The second kappa shape index (κ2) is 16.4. The molecule has 2 aromatic heterocycles. The van der Waals surface area contributed by atoms with Gasteiger partial charge in [-0.2, -0.15) is 0 Å². The lowest BCUT2D eigenvalue weighted by Gasteiger charge is -2.37. The Morgan fingerprint density at radius 2 is 1.29 bits per heavy atom. The van der Waals surface area contributed by atoms with Gasteiger partial charge in [-0.1, -0.05) is 139 Å². The highest BCUT2D eigenvalue weighted by atomic mass is 32.2. The van der Waals surface area contributed by atoms with Crippen LogP contribution in [0.3, 0.4) is 0 Å². The fraction of sp³-hybridized carbons (Fsp3) is 0.0909. The first-order valence-electron chi connectivity index (χ1n) is 17.4. The Hall–Kier alpha value is -6.27. The summed E-state index contributed by atoms with van der Waals surface area (Å²) < 4.78 is 33.0. The largest absolute Gasteiger partial charge is 0.494 e.